The van der Waals surface area contributed by atoms with Gasteiger partial charge in [0.05, 0.1) is 16.4 Å². The van der Waals surface area contributed by atoms with Gasteiger partial charge in [0.15, 0.2) is 6.79 Å². The van der Waals surface area contributed by atoms with Crippen molar-refractivity contribution in [2.24, 2.45) is 0 Å². The SMILES string of the molecule is CCCCCC1c2cc3ccc2OCOc2c1cc1c(c2B(O)O)OCOc2c(cc4c(c2B(O)O)OCOc2c(cc5c(c2B(O)O)OCOC35CCCCC)C4CCCCC)C1CCCCC. The lowest BCUT2D eigenvalue weighted by atomic mass is 9.67. The molecule has 69 heavy (non-hydrogen) atoms. The first-order valence-electron chi connectivity index (χ1n) is 25.5. The zero-order chi connectivity index (χ0) is 48.4. The molecule has 4 aromatic carbocycles. The Bertz CT molecular complexity index is 2480. The van der Waals surface area contributed by atoms with Gasteiger partial charge in [-0.3, -0.25) is 0 Å². The van der Waals surface area contributed by atoms with Crippen molar-refractivity contribution in [1.82, 2.24) is 0 Å². The first-order valence-corrected chi connectivity index (χ1v) is 25.5. The van der Waals surface area contributed by atoms with Crippen molar-refractivity contribution in [2.45, 2.75) is 154 Å². The Labute approximate surface area is 406 Å². The van der Waals surface area contributed by atoms with E-state index < -0.39 is 58.3 Å². The number of benzene rings is 4. The van der Waals surface area contributed by atoms with E-state index in [9.17, 15) is 30.1 Å². The summed E-state index contributed by atoms with van der Waals surface area (Å²) in [7, 11) is -6.11. The highest BCUT2D eigenvalue weighted by molar-refractivity contribution is 6.62. The molecular formula is C52H67B3O14. The van der Waals surface area contributed by atoms with E-state index in [1.165, 1.54) is 0 Å². The van der Waals surface area contributed by atoms with E-state index in [2.05, 4.69) is 45.9 Å². The summed E-state index contributed by atoms with van der Waals surface area (Å²) in [6, 6.07) is 12.4. The third-order valence-corrected chi connectivity index (χ3v) is 15.0. The van der Waals surface area contributed by atoms with Crippen molar-refractivity contribution in [1.29, 1.82) is 0 Å². The Hall–Kier alpha value is -4.61. The Morgan fingerprint density at radius 3 is 1.28 bits per heavy atom. The lowest BCUT2D eigenvalue weighted by Crippen LogP contribution is -2.44. The maximum absolute atomic E-state index is 11.6. The summed E-state index contributed by atoms with van der Waals surface area (Å²) >= 11 is 0. The smallest absolute Gasteiger partial charge is 0.467 e. The molecule has 4 unspecified atom stereocenters. The van der Waals surface area contributed by atoms with Gasteiger partial charge in [-0.1, -0.05) is 104 Å². The van der Waals surface area contributed by atoms with E-state index >= 15 is 0 Å². The van der Waals surface area contributed by atoms with Crippen LogP contribution in [0, 0.1) is 0 Å². The van der Waals surface area contributed by atoms with E-state index in [-0.39, 0.29) is 64.5 Å². The van der Waals surface area contributed by atoms with Crippen molar-refractivity contribution < 1.29 is 68.0 Å². The van der Waals surface area contributed by atoms with Crippen molar-refractivity contribution in [3.05, 3.63) is 80.9 Å². The Kier molecular flexibility index (Phi) is 15.3. The fourth-order valence-corrected chi connectivity index (χ4v) is 11.7. The molecule has 17 heteroatoms. The van der Waals surface area contributed by atoms with Crippen LogP contribution in [0.4, 0.5) is 0 Å². The first-order chi connectivity index (χ1) is 33.6. The lowest BCUT2D eigenvalue weighted by Gasteiger charge is -2.42. The molecule has 0 radical (unpaired) electrons. The van der Waals surface area contributed by atoms with E-state index in [1.54, 1.807) is 0 Å². The monoisotopic (exact) mass is 948 g/mol. The minimum atomic E-state index is -2.07. The number of fused-ring (bicyclic) bond motifs is 2. The second-order valence-electron chi connectivity index (χ2n) is 19.3. The zero-order valence-corrected chi connectivity index (χ0v) is 40.5. The number of unbranched alkanes of at least 4 members (excludes halogenated alkanes) is 8. The third-order valence-electron chi connectivity index (χ3n) is 15.0. The molecule has 0 saturated heterocycles. The summed E-state index contributed by atoms with van der Waals surface area (Å²) in [5, 5.41) is 69.3. The van der Waals surface area contributed by atoms with Gasteiger partial charge in [-0.05, 0) is 68.0 Å². The molecule has 9 rings (SSSR count). The summed E-state index contributed by atoms with van der Waals surface area (Å²) < 4.78 is 52.5. The van der Waals surface area contributed by atoms with Crippen LogP contribution in [0.25, 0.3) is 0 Å². The highest BCUT2D eigenvalue weighted by Crippen LogP contribution is 2.55. The second kappa shape index (κ2) is 21.4. The largest absolute Gasteiger partial charge is 0.496 e. The Morgan fingerprint density at radius 2 is 0.826 bits per heavy atom. The third kappa shape index (κ3) is 9.06. The van der Waals surface area contributed by atoms with Crippen molar-refractivity contribution in [3.8, 4) is 40.2 Å². The van der Waals surface area contributed by atoms with Crippen molar-refractivity contribution in [3.63, 3.8) is 0 Å². The van der Waals surface area contributed by atoms with Crippen LogP contribution in [0.5, 0.6) is 40.2 Å². The van der Waals surface area contributed by atoms with Crippen LogP contribution in [-0.4, -0.2) is 78.7 Å². The topological polar surface area (TPSA) is 195 Å². The lowest BCUT2D eigenvalue weighted by molar-refractivity contribution is -0.114. The molecule has 0 saturated carbocycles. The normalized spacial score (nSPS) is 20.2. The molecule has 4 heterocycles. The highest BCUT2D eigenvalue weighted by Gasteiger charge is 2.48. The average Bonchev–Trinajstić information content (AvgIpc) is 3.31. The molecule has 0 aromatic heterocycles. The fraction of sp³-hybridized carbons (Fsp3) is 0.538. The second-order valence-corrected chi connectivity index (χ2v) is 19.3. The molecular weight excluding hydrogens is 881 g/mol. The van der Waals surface area contributed by atoms with Gasteiger partial charge in [-0.25, -0.2) is 0 Å². The quantitative estimate of drug-likeness (QED) is 0.0438. The van der Waals surface area contributed by atoms with Crippen molar-refractivity contribution >= 4 is 37.7 Å². The van der Waals surface area contributed by atoms with E-state index in [4.69, 9.17) is 37.9 Å². The molecule has 368 valence electrons. The molecule has 5 aliphatic rings. The first kappa shape index (κ1) is 49.4. The van der Waals surface area contributed by atoms with Gasteiger partial charge in [-0.15, -0.1) is 0 Å². The van der Waals surface area contributed by atoms with E-state index in [1.807, 2.05) is 18.2 Å². The van der Waals surface area contributed by atoms with Crippen LogP contribution in [0.3, 0.4) is 0 Å². The zero-order valence-electron chi connectivity index (χ0n) is 40.5. The molecule has 4 atom stereocenters. The van der Waals surface area contributed by atoms with Crippen LogP contribution in [0.2, 0.25) is 0 Å². The predicted octanol–water partition coefficient (Wildman–Crippen LogP) is 6.55. The standard InChI is InChI=1S/C52H67B3O14/c1-5-9-13-17-32-35-23-31-20-21-42(35)62-27-63-46-36(32)24-37-33(18-14-10-6-2)38-25-39-34(19-15-11-7-3)40-26-41-51(68-30-69-52(31,41)22-16-12-8-4)45(55(60)61)50(40)67-29-66-49(39)44(54(58)59)48(38)65-28-64-47(37)43(46)53(56)57/h20-21,23-26,32-34,56-61H,5-19,22,27-30H2,1-4H3. The van der Waals surface area contributed by atoms with Gasteiger partial charge in [0.1, 0.15) is 45.8 Å². The maximum Gasteiger partial charge on any atom is 0.496 e. The average molecular weight is 949 g/mol. The fourth-order valence-electron chi connectivity index (χ4n) is 11.7. The maximum atomic E-state index is 11.6. The van der Waals surface area contributed by atoms with Crippen LogP contribution in [0.15, 0.2) is 36.4 Å². The molecule has 0 fully saturated rings. The van der Waals surface area contributed by atoms with Crippen LogP contribution in [0.1, 0.15) is 193 Å². The van der Waals surface area contributed by atoms with Gasteiger partial charge >= 0.3 is 21.4 Å². The molecule has 14 nitrogen and oxygen atoms in total. The van der Waals surface area contributed by atoms with E-state index in [0.29, 0.717) is 59.3 Å². The predicted molar refractivity (Wildman–Crippen MR) is 263 cm³/mol. The molecule has 6 N–H and O–H groups in total. The molecule has 0 spiro atoms. The minimum Gasteiger partial charge on any atom is -0.467 e. The Morgan fingerprint density at radius 1 is 0.435 bits per heavy atom. The highest BCUT2D eigenvalue weighted by atomic mass is 16.7. The summed E-state index contributed by atoms with van der Waals surface area (Å²) in [5.41, 5.74) is 4.64. The summed E-state index contributed by atoms with van der Waals surface area (Å²) in [4.78, 5) is 0. The van der Waals surface area contributed by atoms with Gasteiger partial charge in [-0.2, -0.15) is 0 Å². The molecule has 8 bridgehead atoms. The Balaban J connectivity index is 1.49. The van der Waals surface area contributed by atoms with Gasteiger partial charge in [0.2, 0.25) is 20.4 Å². The summed E-state index contributed by atoms with van der Waals surface area (Å²) in [6.45, 7) is 7.30. The number of rotatable bonds is 19. The molecule has 0 amide bonds. The van der Waals surface area contributed by atoms with Crippen LogP contribution in [-0.2, 0) is 10.3 Å². The summed E-state index contributed by atoms with van der Waals surface area (Å²) in [5.74, 6) is 0.456. The number of hydrogen-bond donors (Lipinski definition) is 6. The van der Waals surface area contributed by atoms with Crippen molar-refractivity contribution in [2.75, 3.05) is 27.2 Å². The van der Waals surface area contributed by atoms with E-state index in [0.717, 1.165) is 93.7 Å². The van der Waals surface area contributed by atoms with Gasteiger partial charge in [0, 0.05) is 56.7 Å². The summed E-state index contributed by atoms with van der Waals surface area (Å²) in [6.07, 6.45) is 12.9. The molecule has 4 aromatic rings. The minimum absolute atomic E-state index is 0.0101. The van der Waals surface area contributed by atoms with Crippen LogP contribution >= 0.6 is 0 Å². The molecule has 4 aliphatic heterocycles. The number of hydrogen-bond acceptors (Lipinski definition) is 14. The van der Waals surface area contributed by atoms with Gasteiger partial charge < -0.3 is 68.0 Å². The number of ether oxygens (including phenoxy) is 8. The molecule has 1 aliphatic carbocycles. The van der Waals surface area contributed by atoms with Gasteiger partial charge in [0.25, 0.3) is 0 Å². The van der Waals surface area contributed by atoms with Crippen LogP contribution < -0.4 is 49.5 Å².